The second kappa shape index (κ2) is 6.56. The number of aryl methyl sites for hydroxylation is 2. The Bertz CT molecular complexity index is 729. The van der Waals surface area contributed by atoms with Crippen molar-refractivity contribution in [2.24, 2.45) is 11.8 Å². The molecule has 0 radical (unpaired) electrons. The van der Waals surface area contributed by atoms with Crippen LogP contribution in [0.1, 0.15) is 66.7 Å². The number of benzene rings is 1. The molecule has 2 fully saturated rings. The fraction of sp³-hybridized carbons (Fsp3) is 0.682. The van der Waals surface area contributed by atoms with Crippen LogP contribution in [0.2, 0.25) is 0 Å². The van der Waals surface area contributed by atoms with E-state index in [1.807, 2.05) is 11.8 Å². The molecular formula is C22H32N2O2. The molecule has 1 aromatic rings. The van der Waals surface area contributed by atoms with Gasteiger partial charge in [0.05, 0.1) is 0 Å². The van der Waals surface area contributed by atoms with E-state index >= 15 is 0 Å². The van der Waals surface area contributed by atoms with E-state index in [1.165, 1.54) is 30.4 Å². The molecule has 0 bridgehead atoms. The number of fused-ring (bicyclic) bond motifs is 3. The number of amides is 1. The summed E-state index contributed by atoms with van der Waals surface area (Å²) in [7, 11) is 2.06. The van der Waals surface area contributed by atoms with E-state index in [9.17, 15) is 9.90 Å². The van der Waals surface area contributed by atoms with Gasteiger partial charge in [-0.2, -0.15) is 0 Å². The summed E-state index contributed by atoms with van der Waals surface area (Å²) in [5, 5.41) is 14.6. The Kier molecular flexibility index (Phi) is 4.50. The minimum atomic E-state index is 0.0183. The summed E-state index contributed by atoms with van der Waals surface area (Å²) >= 11 is 0. The zero-order chi connectivity index (χ0) is 18.6. The number of phenolic OH excluding ortho intramolecular Hbond substituents is 1. The predicted octanol–water partition coefficient (Wildman–Crippen LogP) is 3.45. The van der Waals surface area contributed by atoms with Crippen molar-refractivity contribution in [1.82, 2.24) is 10.2 Å². The van der Waals surface area contributed by atoms with E-state index in [-0.39, 0.29) is 11.8 Å². The Morgan fingerprint density at radius 2 is 1.92 bits per heavy atom. The largest absolute Gasteiger partial charge is 0.507 e. The molecule has 4 heteroatoms. The number of hydrogen-bond acceptors (Lipinski definition) is 3. The normalized spacial score (nSPS) is 33.5. The van der Waals surface area contributed by atoms with E-state index in [0.717, 1.165) is 30.6 Å². The van der Waals surface area contributed by atoms with Crippen molar-refractivity contribution in [3.63, 3.8) is 0 Å². The summed E-state index contributed by atoms with van der Waals surface area (Å²) in [6, 6.07) is 2.56. The maximum atomic E-state index is 13.1. The van der Waals surface area contributed by atoms with Gasteiger partial charge in [0.25, 0.3) is 0 Å². The highest BCUT2D eigenvalue weighted by Crippen LogP contribution is 2.60. The lowest BCUT2D eigenvalue weighted by Crippen LogP contribution is -2.43. The SMILES string of the molecule is CCN1CCC(C2c3c(O)c(C)cc(C)c3C3CCCC(NC)C32)C1=O. The number of hydrogen-bond donors (Lipinski definition) is 2. The van der Waals surface area contributed by atoms with Crippen molar-refractivity contribution < 1.29 is 9.90 Å². The van der Waals surface area contributed by atoms with Gasteiger partial charge in [0.2, 0.25) is 5.91 Å². The van der Waals surface area contributed by atoms with Crippen LogP contribution in [0, 0.1) is 25.7 Å². The van der Waals surface area contributed by atoms with Crippen LogP contribution in [-0.2, 0) is 4.79 Å². The molecule has 1 saturated heterocycles. The third-order valence-electron chi connectivity index (χ3n) is 7.38. The molecule has 26 heavy (non-hydrogen) atoms. The first-order chi connectivity index (χ1) is 12.5. The molecule has 1 aliphatic heterocycles. The van der Waals surface area contributed by atoms with Crippen LogP contribution >= 0.6 is 0 Å². The van der Waals surface area contributed by atoms with Crippen molar-refractivity contribution in [1.29, 1.82) is 0 Å². The fourth-order valence-electron chi connectivity index (χ4n) is 6.32. The van der Waals surface area contributed by atoms with E-state index in [4.69, 9.17) is 0 Å². The second-order valence-corrected chi connectivity index (χ2v) is 8.54. The summed E-state index contributed by atoms with van der Waals surface area (Å²) in [5.74, 6) is 1.79. The Morgan fingerprint density at radius 3 is 2.58 bits per heavy atom. The summed E-state index contributed by atoms with van der Waals surface area (Å²) in [6.07, 6.45) is 4.48. The highest BCUT2D eigenvalue weighted by atomic mass is 16.3. The van der Waals surface area contributed by atoms with Gasteiger partial charge < -0.3 is 15.3 Å². The van der Waals surface area contributed by atoms with Crippen molar-refractivity contribution in [3.05, 3.63) is 28.3 Å². The Hall–Kier alpha value is -1.55. The van der Waals surface area contributed by atoms with Gasteiger partial charge >= 0.3 is 0 Å². The van der Waals surface area contributed by atoms with Gasteiger partial charge in [-0.25, -0.2) is 0 Å². The molecule has 5 unspecified atom stereocenters. The Labute approximate surface area is 157 Å². The van der Waals surface area contributed by atoms with Crippen molar-refractivity contribution in [3.8, 4) is 5.75 Å². The average Bonchev–Trinajstić information content (AvgIpc) is 3.17. The summed E-state index contributed by atoms with van der Waals surface area (Å²) in [6.45, 7) is 7.89. The maximum Gasteiger partial charge on any atom is 0.226 e. The number of nitrogens with zero attached hydrogens (tertiary/aromatic N) is 1. The molecule has 0 aromatic heterocycles. The minimum absolute atomic E-state index is 0.0183. The first-order valence-corrected chi connectivity index (χ1v) is 10.3. The van der Waals surface area contributed by atoms with Crippen LogP contribution in [-0.4, -0.2) is 42.1 Å². The molecule has 1 saturated carbocycles. The van der Waals surface area contributed by atoms with Gasteiger partial charge in [-0.1, -0.05) is 12.5 Å². The maximum absolute atomic E-state index is 13.1. The van der Waals surface area contributed by atoms with Gasteiger partial charge in [0.1, 0.15) is 5.75 Å². The van der Waals surface area contributed by atoms with Crippen LogP contribution in [0.5, 0.6) is 5.75 Å². The molecule has 142 valence electrons. The third-order valence-corrected chi connectivity index (χ3v) is 7.38. The molecule has 2 N–H and O–H groups in total. The lowest BCUT2D eigenvalue weighted by molar-refractivity contribution is -0.131. The van der Waals surface area contributed by atoms with E-state index < -0.39 is 0 Å². The number of phenols is 1. The summed E-state index contributed by atoms with van der Waals surface area (Å²) < 4.78 is 0. The monoisotopic (exact) mass is 356 g/mol. The highest BCUT2D eigenvalue weighted by Gasteiger charge is 2.53. The molecule has 1 heterocycles. The number of likely N-dealkylation sites (tertiary alicyclic amines) is 1. The Balaban J connectivity index is 1.87. The zero-order valence-electron chi connectivity index (χ0n) is 16.5. The summed E-state index contributed by atoms with van der Waals surface area (Å²) in [4.78, 5) is 15.1. The first kappa shape index (κ1) is 17.8. The quantitative estimate of drug-likeness (QED) is 0.872. The number of aromatic hydroxyl groups is 1. The zero-order valence-corrected chi connectivity index (χ0v) is 16.5. The molecule has 1 amide bonds. The average molecular weight is 357 g/mol. The molecule has 0 spiro atoms. The van der Waals surface area contributed by atoms with Crippen molar-refractivity contribution in [2.75, 3.05) is 20.1 Å². The van der Waals surface area contributed by atoms with Crippen LogP contribution in [0.15, 0.2) is 6.07 Å². The van der Waals surface area contributed by atoms with Crippen molar-refractivity contribution in [2.45, 2.75) is 64.3 Å². The Morgan fingerprint density at radius 1 is 1.15 bits per heavy atom. The topological polar surface area (TPSA) is 52.6 Å². The van der Waals surface area contributed by atoms with Crippen molar-refractivity contribution >= 4 is 5.91 Å². The van der Waals surface area contributed by atoms with Gasteiger partial charge in [-0.15, -0.1) is 0 Å². The molecule has 3 aliphatic rings. The number of rotatable bonds is 3. The molecule has 1 aromatic carbocycles. The van der Waals surface area contributed by atoms with Crippen LogP contribution in [0.25, 0.3) is 0 Å². The number of carbonyl (C=O) groups excluding carboxylic acids is 1. The lowest BCUT2D eigenvalue weighted by atomic mass is 9.69. The minimum Gasteiger partial charge on any atom is -0.507 e. The van der Waals surface area contributed by atoms with Crippen LogP contribution in [0.3, 0.4) is 0 Å². The number of carbonyl (C=O) groups is 1. The van der Waals surface area contributed by atoms with E-state index in [1.54, 1.807) is 0 Å². The highest BCUT2D eigenvalue weighted by molar-refractivity contribution is 5.82. The smallest absolute Gasteiger partial charge is 0.226 e. The number of nitrogens with one attached hydrogen (secondary N) is 1. The molecule has 4 nitrogen and oxygen atoms in total. The predicted molar refractivity (Wildman–Crippen MR) is 104 cm³/mol. The van der Waals surface area contributed by atoms with Gasteiger partial charge in [0.15, 0.2) is 0 Å². The molecule has 2 aliphatic carbocycles. The van der Waals surface area contributed by atoms with Crippen LogP contribution in [0.4, 0.5) is 0 Å². The third kappa shape index (κ3) is 2.41. The van der Waals surface area contributed by atoms with E-state index in [0.29, 0.717) is 29.5 Å². The fourth-order valence-corrected chi connectivity index (χ4v) is 6.32. The molecular weight excluding hydrogens is 324 g/mol. The lowest BCUT2D eigenvalue weighted by Gasteiger charge is -2.39. The molecule has 5 atom stereocenters. The molecule has 4 rings (SSSR count). The van der Waals surface area contributed by atoms with Gasteiger partial charge in [-0.3, -0.25) is 4.79 Å². The van der Waals surface area contributed by atoms with Crippen LogP contribution < -0.4 is 5.32 Å². The van der Waals surface area contributed by atoms with Gasteiger partial charge in [-0.05, 0) is 75.6 Å². The first-order valence-electron chi connectivity index (χ1n) is 10.3. The van der Waals surface area contributed by atoms with Gasteiger partial charge in [0, 0.05) is 36.5 Å². The second-order valence-electron chi connectivity index (χ2n) is 8.54. The summed E-state index contributed by atoms with van der Waals surface area (Å²) in [5.41, 5.74) is 4.70. The standard InChI is InChI=1S/C22H32N2O2/c1-5-24-10-9-15(22(24)26)19-18-14(7-6-8-16(18)23-4)17-12(2)11-13(3)21(25)20(17)19/h11,14-16,18-19,23,25H,5-10H2,1-4H3. The van der Waals surface area contributed by atoms with E-state index in [2.05, 4.69) is 32.3 Å².